The molecule has 0 saturated carbocycles. The van der Waals surface area contributed by atoms with E-state index in [0.717, 1.165) is 30.2 Å². The normalized spacial score (nSPS) is 18.0. The van der Waals surface area contributed by atoms with Gasteiger partial charge in [-0.25, -0.2) is 0 Å². The molecule has 0 bridgehead atoms. The minimum Gasteiger partial charge on any atom is -0.390 e. The van der Waals surface area contributed by atoms with Gasteiger partial charge in [0.15, 0.2) is 0 Å². The SMILES string of the molecule is CN(C)C1CCN(CC(c2cccc(Cl)c2)C(C)(C)O)CC1.ClOCl. The average molecular weight is 412 g/mol. The number of piperidine rings is 1. The van der Waals surface area contributed by atoms with Gasteiger partial charge >= 0.3 is 0 Å². The van der Waals surface area contributed by atoms with E-state index in [0.29, 0.717) is 6.04 Å². The zero-order valence-corrected chi connectivity index (χ0v) is 17.7. The second-order valence-corrected chi connectivity index (χ2v) is 8.22. The fraction of sp³-hybridized carbons (Fsp3) is 0.667. The van der Waals surface area contributed by atoms with Crippen LogP contribution < -0.4 is 0 Å². The number of benzene rings is 1. The van der Waals surface area contributed by atoms with Gasteiger partial charge in [0, 0.05) is 23.5 Å². The molecule has 0 spiro atoms. The van der Waals surface area contributed by atoms with E-state index >= 15 is 0 Å². The highest BCUT2D eigenvalue weighted by Gasteiger charge is 2.31. The summed E-state index contributed by atoms with van der Waals surface area (Å²) in [4.78, 5) is 4.80. The first-order valence-electron chi connectivity index (χ1n) is 8.45. The van der Waals surface area contributed by atoms with Crippen LogP contribution in [0.5, 0.6) is 0 Å². The van der Waals surface area contributed by atoms with Crippen molar-refractivity contribution in [3.8, 4) is 0 Å². The molecule has 1 aliphatic heterocycles. The highest BCUT2D eigenvalue weighted by molar-refractivity contribution is 6.30. The van der Waals surface area contributed by atoms with Crippen LogP contribution in [0.3, 0.4) is 0 Å². The molecule has 0 aliphatic carbocycles. The van der Waals surface area contributed by atoms with Crippen LogP contribution in [0.4, 0.5) is 0 Å². The quantitative estimate of drug-likeness (QED) is 0.772. The van der Waals surface area contributed by atoms with Crippen LogP contribution in [-0.4, -0.2) is 60.3 Å². The molecule has 1 unspecified atom stereocenters. The van der Waals surface area contributed by atoms with Crippen molar-refractivity contribution in [3.05, 3.63) is 34.9 Å². The molecule has 2 rings (SSSR count). The van der Waals surface area contributed by atoms with Crippen molar-refractivity contribution in [2.75, 3.05) is 33.7 Å². The van der Waals surface area contributed by atoms with Crippen LogP contribution in [0.25, 0.3) is 0 Å². The molecule has 25 heavy (non-hydrogen) atoms. The zero-order chi connectivity index (χ0) is 19.0. The number of halogens is 3. The molecule has 1 heterocycles. The Balaban J connectivity index is 0.000000970. The molecule has 0 amide bonds. The largest absolute Gasteiger partial charge is 0.390 e. The van der Waals surface area contributed by atoms with Crippen LogP contribution in [0, 0.1) is 0 Å². The molecular formula is C18H29Cl3N2O2. The van der Waals surface area contributed by atoms with E-state index in [-0.39, 0.29) is 5.92 Å². The van der Waals surface area contributed by atoms with Gasteiger partial charge in [0.25, 0.3) is 0 Å². The predicted molar refractivity (Wildman–Crippen MR) is 106 cm³/mol. The standard InChI is InChI=1S/C18H29ClN2O.Cl2O/c1-18(2,22)17(14-6-5-7-15(19)12-14)13-21-10-8-16(9-11-21)20(3)4;1-3-2/h5-7,12,16-17,22H,8-11,13H2,1-4H3;. The lowest BCUT2D eigenvalue weighted by molar-refractivity contribution is 0.0277. The maximum Gasteiger partial charge on any atom is 0.0832 e. The third kappa shape index (κ3) is 8.00. The summed E-state index contributed by atoms with van der Waals surface area (Å²) in [7, 11) is 4.32. The Bertz CT molecular complexity index is 501. The van der Waals surface area contributed by atoms with Crippen LogP contribution in [0.2, 0.25) is 5.02 Å². The fourth-order valence-corrected chi connectivity index (χ4v) is 3.54. The van der Waals surface area contributed by atoms with Gasteiger partial charge in [-0.3, -0.25) is 0 Å². The minimum atomic E-state index is -0.761. The van der Waals surface area contributed by atoms with Crippen LogP contribution >= 0.6 is 35.3 Å². The molecule has 1 aromatic rings. The molecule has 1 fully saturated rings. The number of hydrogen-bond acceptors (Lipinski definition) is 4. The zero-order valence-electron chi connectivity index (χ0n) is 15.4. The summed E-state index contributed by atoms with van der Waals surface area (Å²) in [6.07, 6.45) is 2.39. The third-order valence-electron chi connectivity index (χ3n) is 4.83. The lowest BCUT2D eigenvalue weighted by Gasteiger charge is -2.39. The van der Waals surface area contributed by atoms with Gasteiger partial charge in [-0.2, -0.15) is 3.84 Å². The summed E-state index contributed by atoms with van der Waals surface area (Å²) >= 11 is 14.7. The maximum absolute atomic E-state index is 10.6. The number of nitrogens with zero attached hydrogens (tertiary/aromatic N) is 2. The van der Waals surface area contributed by atoms with Crippen molar-refractivity contribution in [3.63, 3.8) is 0 Å². The van der Waals surface area contributed by atoms with E-state index in [4.69, 9.17) is 11.6 Å². The van der Waals surface area contributed by atoms with Crippen molar-refractivity contribution in [2.24, 2.45) is 0 Å². The Morgan fingerprint density at radius 2 is 1.84 bits per heavy atom. The number of likely N-dealkylation sites (tertiary alicyclic amines) is 1. The average Bonchev–Trinajstić information content (AvgIpc) is 2.52. The summed E-state index contributed by atoms with van der Waals surface area (Å²) in [5.41, 5.74) is 0.359. The highest BCUT2D eigenvalue weighted by atomic mass is 35.6. The van der Waals surface area contributed by atoms with Crippen LogP contribution in [0.1, 0.15) is 38.2 Å². The fourth-order valence-electron chi connectivity index (χ4n) is 3.34. The monoisotopic (exact) mass is 410 g/mol. The molecule has 0 aromatic heterocycles. The Morgan fingerprint density at radius 3 is 2.28 bits per heavy atom. The molecule has 1 saturated heterocycles. The minimum absolute atomic E-state index is 0.0714. The summed E-state index contributed by atoms with van der Waals surface area (Å²) in [6.45, 7) is 6.85. The van der Waals surface area contributed by atoms with Crippen LogP contribution in [0.15, 0.2) is 24.3 Å². The van der Waals surface area contributed by atoms with E-state index in [2.05, 4.69) is 57.5 Å². The summed E-state index contributed by atoms with van der Waals surface area (Å²) in [5, 5.41) is 11.3. The van der Waals surface area contributed by atoms with Gasteiger partial charge in [0.05, 0.1) is 29.3 Å². The first-order chi connectivity index (χ1) is 11.7. The lowest BCUT2D eigenvalue weighted by Crippen LogP contribution is -2.46. The van der Waals surface area contributed by atoms with E-state index in [9.17, 15) is 5.11 Å². The van der Waals surface area contributed by atoms with Gasteiger partial charge in [0.1, 0.15) is 0 Å². The first-order valence-corrected chi connectivity index (χ1v) is 9.44. The molecule has 0 radical (unpaired) electrons. The molecule has 1 N–H and O–H groups in total. The summed E-state index contributed by atoms with van der Waals surface area (Å²) in [5.74, 6) is 0.0714. The van der Waals surface area contributed by atoms with Crippen molar-refractivity contribution in [1.82, 2.24) is 9.80 Å². The maximum atomic E-state index is 10.6. The van der Waals surface area contributed by atoms with E-state index in [1.54, 1.807) is 0 Å². The number of aliphatic hydroxyl groups is 1. The van der Waals surface area contributed by atoms with Gasteiger partial charge in [0.2, 0.25) is 0 Å². The third-order valence-corrected chi connectivity index (χ3v) is 5.07. The Kier molecular flexibility index (Phi) is 10.0. The van der Waals surface area contributed by atoms with Gasteiger partial charge in [-0.15, -0.1) is 0 Å². The molecule has 4 nitrogen and oxygen atoms in total. The predicted octanol–water partition coefficient (Wildman–Crippen LogP) is 4.53. The Morgan fingerprint density at radius 1 is 1.28 bits per heavy atom. The molecule has 1 atom stereocenters. The second-order valence-electron chi connectivity index (χ2n) is 7.31. The van der Waals surface area contributed by atoms with E-state index in [1.165, 1.54) is 12.8 Å². The van der Waals surface area contributed by atoms with Crippen LogP contribution in [-0.2, 0) is 3.84 Å². The van der Waals surface area contributed by atoms with E-state index < -0.39 is 5.60 Å². The highest BCUT2D eigenvalue weighted by Crippen LogP contribution is 2.31. The van der Waals surface area contributed by atoms with Crippen molar-refractivity contribution < 1.29 is 8.95 Å². The second kappa shape index (κ2) is 10.9. The lowest BCUT2D eigenvalue weighted by atomic mass is 9.84. The van der Waals surface area contributed by atoms with Crippen molar-refractivity contribution >= 4 is 35.3 Å². The summed E-state index contributed by atoms with van der Waals surface area (Å²) < 4.78 is 3.19. The van der Waals surface area contributed by atoms with Gasteiger partial charge in [-0.05, 0) is 71.6 Å². The Labute approximate surface area is 166 Å². The van der Waals surface area contributed by atoms with Crippen molar-refractivity contribution in [1.29, 1.82) is 0 Å². The smallest absolute Gasteiger partial charge is 0.0832 e. The number of rotatable bonds is 5. The van der Waals surface area contributed by atoms with Gasteiger partial charge in [-0.1, -0.05) is 23.7 Å². The van der Waals surface area contributed by atoms with Gasteiger partial charge < -0.3 is 14.9 Å². The van der Waals surface area contributed by atoms with Crippen molar-refractivity contribution in [2.45, 2.75) is 44.2 Å². The number of hydrogen-bond donors (Lipinski definition) is 1. The molecular weight excluding hydrogens is 383 g/mol. The molecule has 1 aromatic carbocycles. The summed E-state index contributed by atoms with van der Waals surface area (Å²) in [6, 6.07) is 8.59. The Hall–Kier alpha value is -0.0700. The first kappa shape index (κ1) is 23.0. The molecule has 7 heteroatoms. The molecule has 1 aliphatic rings. The molecule has 144 valence electrons. The topological polar surface area (TPSA) is 35.9 Å². The van der Waals surface area contributed by atoms with E-state index in [1.807, 2.05) is 32.0 Å².